The topological polar surface area (TPSA) is 57.6 Å². The Bertz CT molecular complexity index is 481. The Labute approximate surface area is 89.3 Å². The summed E-state index contributed by atoms with van der Waals surface area (Å²) in [5.41, 5.74) is 2.07. The number of hydrogen-bond donors (Lipinski definition) is 1. The van der Waals surface area contributed by atoms with Crippen molar-refractivity contribution in [3.05, 3.63) is 23.8 Å². The van der Waals surface area contributed by atoms with Gasteiger partial charge in [-0.2, -0.15) is 8.42 Å². The maximum absolute atomic E-state index is 10.9. The quantitative estimate of drug-likeness (QED) is 0.774. The minimum Gasteiger partial charge on any atom is -0.371 e. The highest BCUT2D eigenvalue weighted by Gasteiger charge is 2.20. The fraction of sp³-hybridized carbons (Fsp3) is 0.400. The van der Waals surface area contributed by atoms with E-state index >= 15 is 0 Å². The molecule has 0 unspecified atom stereocenters. The van der Waals surface area contributed by atoms with Gasteiger partial charge in [-0.25, -0.2) is 0 Å². The summed E-state index contributed by atoms with van der Waals surface area (Å²) in [6.07, 6.45) is 0.840. The Morgan fingerprint density at radius 2 is 2.20 bits per heavy atom. The third-order valence-electron chi connectivity index (χ3n) is 2.72. The van der Waals surface area contributed by atoms with Crippen LogP contribution in [0.4, 0.5) is 5.69 Å². The number of anilines is 1. The second-order valence-electron chi connectivity index (χ2n) is 3.60. The van der Waals surface area contributed by atoms with Crippen LogP contribution in [0.5, 0.6) is 0 Å². The van der Waals surface area contributed by atoms with Crippen molar-refractivity contribution in [3.8, 4) is 0 Å². The summed E-state index contributed by atoms with van der Waals surface area (Å²) in [7, 11) is -4.07. The molecule has 4 nitrogen and oxygen atoms in total. The Balaban J connectivity index is 2.46. The zero-order chi connectivity index (χ0) is 11.1. The molecule has 0 radical (unpaired) electrons. The SMILES string of the molecule is CCN1CCc2cc(S(=O)(=O)O)ccc21. The van der Waals surface area contributed by atoms with Crippen molar-refractivity contribution in [1.29, 1.82) is 0 Å². The summed E-state index contributed by atoms with van der Waals surface area (Å²) in [6, 6.07) is 4.76. The van der Waals surface area contributed by atoms with Crippen LogP contribution in [0.15, 0.2) is 23.1 Å². The van der Waals surface area contributed by atoms with Crippen LogP contribution in [0.3, 0.4) is 0 Å². The average Bonchev–Trinajstić information content (AvgIpc) is 2.58. The van der Waals surface area contributed by atoms with Gasteiger partial charge in [0.2, 0.25) is 0 Å². The molecule has 0 aromatic heterocycles. The molecule has 1 aromatic carbocycles. The lowest BCUT2D eigenvalue weighted by molar-refractivity contribution is 0.483. The summed E-state index contributed by atoms with van der Waals surface area (Å²) < 4.78 is 30.8. The minimum atomic E-state index is -4.07. The van der Waals surface area contributed by atoms with Gasteiger partial charge in [-0.1, -0.05) is 0 Å². The zero-order valence-corrected chi connectivity index (χ0v) is 9.29. The molecule has 2 rings (SSSR count). The molecule has 5 heteroatoms. The molecule has 0 saturated heterocycles. The van der Waals surface area contributed by atoms with E-state index in [0.29, 0.717) is 0 Å². The van der Waals surface area contributed by atoms with Gasteiger partial charge in [0.1, 0.15) is 0 Å². The summed E-state index contributed by atoms with van der Waals surface area (Å²) in [5, 5.41) is 0. The molecule has 1 aliphatic heterocycles. The lowest BCUT2D eigenvalue weighted by atomic mass is 10.2. The lowest BCUT2D eigenvalue weighted by Gasteiger charge is -2.16. The Morgan fingerprint density at radius 3 is 2.80 bits per heavy atom. The van der Waals surface area contributed by atoms with E-state index in [4.69, 9.17) is 4.55 Å². The molecule has 0 aliphatic carbocycles. The molecular weight excluding hydrogens is 214 g/mol. The van der Waals surface area contributed by atoms with Crippen molar-refractivity contribution in [3.63, 3.8) is 0 Å². The summed E-state index contributed by atoms with van der Waals surface area (Å²) >= 11 is 0. The van der Waals surface area contributed by atoms with Gasteiger partial charge < -0.3 is 4.90 Å². The first-order valence-corrected chi connectivity index (χ1v) is 6.31. The smallest absolute Gasteiger partial charge is 0.294 e. The monoisotopic (exact) mass is 227 g/mol. The van der Waals surface area contributed by atoms with Crippen molar-refractivity contribution >= 4 is 15.8 Å². The van der Waals surface area contributed by atoms with Gasteiger partial charge in [0, 0.05) is 18.8 Å². The summed E-state index contributed by atoms with van der Waals surface area (Å²) in [5.74, 6) is 0. The maximum Gasteiger partial charge on any atom is 0.294 e. The van der Waals surface area contributed by atoms with Gasteiger partial charge in [0.25, 0.3) is 10.1 Å². The first kappa shape index (κ1) is 10.4. The van der Waals surface area contributed by atoms with Gasteiger partial charge >= 0.3 is 0 Å². The highest BCUT2D eigenvalue weighted by Crippen LogP contribution is 2.29. The van der Waals surface area contributed by atoms with Gasteiger partial charge in [-0.3, -0.25) is 4.55 Å². The number of nitrogens with zero attached hydrogens (tertiary/aromatic N) is 1. The Morgan fingerprint density at radius 1 is 1.47 bits per heavy atom. The van der Waals surface area contributed by atoms with E-state index < -0.39 is 10.1 Å². The predicted molar refractivity (Wildman–Crippen MR) is 57.8 cm³/mol. The van der Waals surface area contributed by atoms with Crippen LogP contribution < -0.4 is 4.90 Å². The highest BCUT2D eigenvalue weighted by molar-refractivity contribution is 7.85. The molecular formula is C10H13NO3S. The number of rotatable bonds is 2. The minimum absolute atomic E-state index is 0.0146. The van der Waals surface area contributed by atoms with Gasteiger partial charge in [-0.15, -0.1) is 0 Å². The number of benzene rings is 1. The molecule has 0 atom stereocenters. The van der Waals surface area contributed by atoms with Gasteiger partial charge in [-0.05, 0) is 37.1 Å². The van der Waals surface area contributed by atoms with Crippen LogP contribution in [-0.2, 0) is 16.5 Å². The zero-order valence-electron chi connectivity index (χ0n) is 8.47. The van der Waals surface area contributed by atoms with Crippen LogP contribution in [0.2, 0.25) is 0 Å². The van der Waals surface area contributed by atoms with Crippen molar-refractivity contribution in [2.24, 2.45) is 0 Å². The van der Waals surface area contributed by atoms with Crippen LogP contribution >= 0.6 is 0 Å². The second-order valence-corrected chi connectivity index (χ2v) is 5.02. The van der Waals surface area contributed by atoms with Gasteiger partial charge in [0.15, 0.2) is 0 Å². The fourth-order valence-corrected chi connectivity index (χ4v) is 2.47. The van der Waals surface area contributed by atoms with Crippen molar-refractivity contribution in [2.45, 2.75) is 18.2 Å². The maximum atomic E-state index is 10.9. The van der Waals surface area contributed by atoms with Crippen LogP contribution in [-0.4, -0.2) is 26.1 Å². The molecule has 15 heavy (non-hydrogen) atoms. The molecule has 1 aliphatic rings. The Kier molecular flexibility index (Phi) is 2.44. The molecule has 1 heterocycles. The standard InChI is InChI=1S/C10H13NO3S/c1-2-11-6-5-8-7-9(15(12,13)14)3-4-10(8)11/h3-4,7H,2,5-6H2,1H3,(H,12,13,14). The van der Waals surface area contributed by atoms with E-state index in [9.17, 15) is 8.42 Å². The lowest BCUT2D eigenvalue weighted by Crippen LogP contribution is -2.19. The van der Waals surface area contributed by atoms with Crippen LogP contribution in [0.1, 0.15) is 12.5 Å². The Hall–Kier alpha value is -1.07. The van der Waals surface area contributed by atoms with E-state index in [1.54, 1.807) is 12.1 Å². The normalized spacial score (nSPS) is 15.5. The number of fused-ring (bicyclic) bond motifs is 1. The third-order valence-corrected chi connectivity index (χ3v) is 3.57. The molecule has 1 N–H and O–H groups in total. The van der Waals surface area contributed by atoms with Crippen molar-refractivity contribution in [2.75, 3.05) is 18.0 Å². The average molecular weight is 227 g/mol. The largest absolute Gasteiger partial charge is 0.371 e. The van der Waals surface area contributed by atoms with Crippen molar-refractivity contribution < 1.29 is 13.0 Å². The van der Waals surface area contributed by atoms with Crippen LogP contribution in [0.25, 0.3) is 0 Å². The van der Waals surface area contributed by atoms with E-state index in [1.165, 1.54) is 6.07 Å². The first-order valence-electron chi connectivity index (χ1n) is 4.87. The fourth-order valence-electron chi connectivity index (χ4n) is 1.94. The summed E-state index contributed by atoms with van der Waals surface area (Å²) in [4.78, 5) is 2.17. The highest BCUT2D eigenvalue weighted by atomic mass is 32.2. The van der Waals surface area contributed by atoms with E-state index in [-0.39, 0.29) is 4.90 Å². The second kappa shape index (κ2) is 3.50. The first-order chi connectivity index (χ1) is 7.02. The predicted octanol–water partition coefficient (Wildman–Crippen LogP) is 1.32. The number of likely N-dealkylation sites (N-methyl/N-ethyl adjacent to an activating group) is 1. The van der Waals surface area contributed by atoms with Gasteiger partial charge in [0.05, 0.1) is 4.90 Å². The number of hydrogen-bond acceptors (Lipinski definition) is 3. The summed E-state index contributed by atoms with van der Waals surface area (Å²) in [6.45, 7) is 3.89. The molecule has 0 bridgehead atoms. The van der Waals surface area contributed by atoms with E-state index in [0.717, 1.165) is 30.8 Å². The third kappa shape index (κ3) is 1.85. The molecule has 82 valence electrons. The van der Waals surface area contributed by atoms with Crippen molar-refractivity contribution in [1.82, 2.24) is 0 Å². The molecule has 0 fully saturated rings. The van der Waals surface area contributed by atoms with Crippen LogP contribution in [0, 0.1) is 0 Å². The van der Waals surface area contributed by atoms with E-state index in [1.807, 2.05) is 0 Å². The molecule has 0 saturated carbocycles. The van der Waals surface area contributed by atoms with E-state index in [2.05, 4.69) is 11.8 Å². The molecule has 1 aromatic rings. The molecule has 0 amide bonds. The molecule has 0 spiro atoms.